The third kappa shape index (κ3) is 3.10. The molecule has 1 aliphatic rings. The van der Waals surface area contributed by atoms with Crippen LogP contribution in [0.5, 0.6) is 0 Å². The Hall–Kier alpha value is -1.27. The SMILES string of the molecule is N#Cc1c(Br)cccc1NCC1CC=CCC1. The van der Waals surface area contributed by atoms with Gasteiger partial charge in [0.15, 0.2) is 0 Å². The van der Waals surface area contributed by atoms with Crippen molar-refractivity contribution < 1.29 is 0 Å². The summed E-state index contributed by atoms with van der Waals surface area (Å²) < 4.78 is 0.855. The maximum Gasteiger partial charge on any atom is 0.103 e. The number of nitriles is 1. The first kappa shape index (κ1) is 12.2. The number of hydrogen-bond acceptors (Lipinski definition) is 2. The third-order valence-electron chi connectivity index (χ3n) is 3.08. The molecule has 1 aromatic carbocycles. The summed E-state index contributed by atoms with van der Waals surface area (Å²) in [5.74, 6) is 0.686. The number of hydrogen-bond donors (Lipinski definition) is 1. The predicted octanol–water partition coefficient (Wildman–Crippen LogP) is 4.09. The molecule has 1 unspecified atom stereocenters. The highest BCUT2D eigenvalue weighted by Crippen LogP contribution is 2.25. The second kappa shape index (κ2) is 5.88. The van der Waals surface area contributed by atoms with Crippen LogP contribution >= 0.6 is 15.9 Å². The molecule has 2 nitrogen and oxygen atoms in total. The van der Waals surface area contributed by atoms with E-state index in [2.05, 4.69) is 39.5 Å². The second-order valence-electron chi connectivity index (χ2n) is 4.31. The molecule has 0 aromatic heterocycles. The molecule has 0 bridgehead atoms. The minimum Gasteiger partial charge on any atom is -0.384 e. The summed E-state index contributed by atoms with van der Waals surface area (Å²) >= 11 is 3.40. The van der Waals surface area contributed by atoms with Crippen molar-refractivity contribution in [2.45, 2.75) is 19.3 Å². The molecule has 1 atom stereocenters. The first-order chi connectivity index (χ1) is 8.31. The zero-order valence-electron chi connectivity index (χ0n) is 9.62. The Morgan fingerprint density at radius 3 is 3.00 bits per heavy atom. The molecule has 0 spiro atoms. The van der Waals surface area contributed by atoms with Crippen molar-refractivity contribution in [2.75, 3.05) is 11.9 Å². The average Bonchev–Trinajstić information content (AvgIpc) is 2.37. The molecule has 88 valence electrons. The van der Waals surface area contributed by atoms with Crippen molar-refractivity contribution in [3.63, 3.8) is 0 Å². The maximum absolute atomic E-state index is 9.11. The summed E-state index contributed by atoms with van der Waals surface area (Å²) in [6, 6.07) is 8.04. The second-order valence-corrected chi connectivity index (χ2v) is 5.16. The molecule has 0 saturated heterocycles. The number of nitrogens with zero attached hydrogens (tertiary/aromatic N) is 1. The lowest BCUT2D eigenvalue weighted by molar-refractivity contribution is 0.504. The van der Waals surface area contributed by atoms with Crippen LogP contribution in [-0.4, -0.2) is 6.54 Å². The summed E-state index contributed by atoms with van der Waals surface area (Å²) in [5.41, 5.74) is 1.62. The van der Waals surface area contributed by atoms with Crippen LogP contribution in [0.4, 0.5) is 5.69 Å². The summed E-state index contributed by atoms with van der Waals surface area (Å²) in [5, 5.41) is 12.5. The Morgan fingerprint density at radius 2 is 2.29 bits per heavy atom. The summed E-state index contributed by atoms with van der Waals surface area (Å²) in [6.07, 6.45) is 8.05. The normalized spacial score (nSPS) is 18.7. The molecule has 0 fully saturated rings. The first-order valence-electron chi connectivity index (χ1n) is 5.88. The number of benzene rings is 1. The molecule has 0 radical (unpaired) electrons. The van der Waals surface area contributed by atoms with Gasteiger partial charge in [-0.2, -0.15) is 5.26 Å². The van der Waals surface area contributed by atoms with E-state index in [1.807, 2.05) is 18.2 Å². The van der Waals surface area contributed by atoms with Gasteiger partial charge in [-0.15, -0.1) is 0 Å². The van der Waals surface area contributed by atoms with Gasteiger partial charge in [-0.05, 0) is 53.2 Å². The van der Waals surface area contributed by atoms with Crippen LogP contribution in [0.15, 0.2) is 34.8 Å². The highest BCUT2D eigenvalue weighted by atomic mass is 79.9. The van der Waals surface area contributed by atoms with Gasteiger partial charge in [0.05, 0.1) is 11.3 Å². The van der Waals surface area contributed by atoms with Gasteiger partial charge >= 0.3 is 0 Å². The fourth-order valence-electron chi connectivity index (χ4n) is 2.08. The molecule has 0 saturated carbocycles. The van der Waals surface area contributed by atoms with Gasteiger partial charge in [0, 0.05) is 11.0 Å². The van der Waals surface area contributed by atoms with Crippen LogP contribution in [0, 0.1) is 17.2 Å². The van der Waals surface area contributed by atoms with Crippen molar-refractivity contribution in [1.29, 1.82) is 5.26 Å². The van der Waals surface area contributed by atoms with Crippen LogP contribution in [0.1, 0.15) is 24.8 Å². The molecule has 1 aromatic rings. The largest absolute Gasteiger partial charge is 0.384 e. The van der Waals surface area contributed by atoms with Gasteiger partial charge in [-0.3, -0.25) is 0 Å². The molecule has 0 heterocycles. The van der Waals surface area contributed by atoms with Crippen LogP contribution in [-0.2, 0) is 0 Å². The number of halogens is 1. The van der Waals surface area contributed by atoms with E-state index in [1.165, 1.54) is 12.8 Å². The van der Waals surface area contributed by atoms with Gasteiger partial charge in [0.1, 0.15) is 6.07 Å². The molecule has 3 heteroatoms. The zero-order chi connectivity index (χ0) is 12.1. The zero-order valence-corrected chi connectivity index (χ0v) is 11.2. The van der Waals surface area contributed by atoms with Crippen LogP contribution in [0.2, 0.25) is 0 Å². The number of allylic oxidation sites excluding steroid dienone is 2. The monoisotopic (exact) mass is 290 g/mol. The maximum atomic E-state index is 9.11. The quantitative estimate of drug-likeness (QED) is 0.851. The lowest BCUT2D eigenvalue weighted by Crippen LogP contribution is -2.15. The standard InChI is InChI=1S/C14H15BrN2/c15-13-7-4-8-14(12(13)9-16)17-10-11-5-2-1-3-6-11/h1-2,4,7-8,11,17H,3,5-6,10H2. The van der Waals surface area contributed by atoms with Crippen LogP contribution in [0.3, 0.4) is 0 Å². The number of rotatable bonds is 3. The van der Waals surface area contributed by atoms with Crippen LogP contribution in [0.25, 0.3) is 0 Å². The van der Waals surface area contributed by atoms with Gasteiger partial charge in [0.2, 0.25) is 0 Å². The van der Waals surface area contributed by atoms with Crippen LogP contribution < -0.4 is 5.32 Å². The third-order valence-corrected chi connectivity index (χ3v) is 3.75. The van der Waals surface area contributed by atoms with E-state index in [0.29, 0.717) is 11.5 Å². The highest BCUT2D eigenvalue weighted by molar-refractivity contribution is 9.10. The molecule has 17 heavy (non-hydrogen) atoms. The van der Waals surface area contributed by atoms with Crippen molar-refractivity contribution in [1.82, 2.24) is 0 Å². The van der Waals surface area contributed by atoms with Crippen molar-refractivity contribution in [3.05, 3.63) is 40.4 Å². The molecule has 1 N–H and O–H groups in total. The molecular weight excluding hydrogens is 276 g/mol. The van der Waals surface area contributed by atoms with Crippen molar-refractivity contribution >= 4 is 21.6 Å². The van der Waals surface area contributed by atoms with E-state index >= 15 is 0 Å². The first-order valence-corrected chi connectivity index (χ1v) is 6.68. The predicted molar refractivity (Wildman–Crippen MR) is 73.8 cm³/mol. The lowest BCUT2D eigenvalue weighted by atomic mass is 9.94. The van der Waals surface area contributed by atoms with Gasteiger partial charge in [0.25, 0.3) is 0 Å². The minimum atomic E-state index is 0.686. The molecular formula is C14H15BrN2. The Balaban J connectivity index is 2.01. The number of nitrogens with one attached hydrogen (secondary N) is 1. The minimum absolute atomic E-state index is 0.686. The Labute approximate surface area is 110 Å². The van der Waals surface area contributed by atoms with Gasteiger partial charge < -0.3 is 5.32 Å². The van der Waals surface area contributed by atoms with E-state index < -0.39 is 0 Å². The summed E-state index contributed by atoms with van der Waals surface area (Å²) in [7, 11) is 0. The Bertz CT molecular complexity index is 460. The fraction of sp³-hybridized carbons (Fsp3) is 0.357. The molecule has 0 aliphatic heterocycles. The molecule has 0 amide bonds. The number of anilines is 1. The van der Waals surface area contributed by atoms with Crippen molar-refractivity contribution in [3.8, 4) is 6.07 Å². The Kier molecular flexibility index (Phi) is 4.22. The van der Waals surface area contributed by atoms with E-state index in [1.54, 1.807) is 0 Å². The van der Waals surface area contributed by atoms with Crippen molar-refractivity contribution in [2.24, 2.45) is 5.92 Å². The smallest absolute Gasteiger partial charge is 0.103 e. The van der Waals surface area contributed by atoms with E-state index in [4.69, 9.17) is 5.26 Å². The van der Waals surface area contributed by atoms with Gasteiger partial charge in [-0.1, -0.05) is 18.2 Å². The highest BCUT2D eigenvalue weighted by Gasteiger charge is 2.11. The Morgan fingerprint density at radius 1 is 1.41 bits per heavy atom. The molecule has 1 aliphatic carbocycles. The summed E-state index contributed by atoms with van der Waals surface area (Å²) in [6.45, 7) is 0.940. The lowest BCUT2D eigenvalue weighted by Gasteiger charge is -2.19. The van der Waals surface area contributed by atoms with E-state index in [0.717, 1.165) is 23.1 Å². The molecule has 2 rings (SSSR count). The van der Waals surface area contributed by atoms with E-state index in [-0.39, 0.29) is 0 Å². The topological polar surface area (TPSA) is 35.8 Å². The average molecular weight is 291 g/mol. The summed E-state index contributed by atoms with van der Waals surface area (Å²) in [4.78, 5) is 0. The fourth-order valence-corrected chi connectivity index (χ4v) is 2.54. The van der Waals surface area contributed by atoms with E-state index in [9.17, 15) is 0 Å². The van der Waals surface area contributed by atoms with Gasteiger partial charge in [-0.25, -0.2) is 0 Å².